The largest absolute Gasteiger partial charge is 0.376 e. The third kappa shape index (κ3) is 2.67. The molecule has 7 nitrogen and oxygen atoms in total. The van der Waals surface area contributed by atoms with Crippen LogP contribution in [0.5, 0.6) is 0 Å². The first-order valence-corrected chi connectivity index (χ1v) is 8.07. The molecule has 1 atom stereocenters. The van der Waals surface area contributed by atoms with Crippen molar-refractivity contribution < 1.29 is 9.53 Å². The maximum absolute atomic E-state index is 12.6. The van der Waals surface area contributed by atoms with Crippen LogP contribution < -0.4 is 5.32 Å². The third-order valence-corrected chi connectivity index (χ3v) is 4.21. The van der Waals surface area contributed by atoms with E-state index in [0.717, 1.165) is 30.7 Å². The lowest BCUT2D eigenvalue weighted by molar-refractivity contribution is 0.0855. The first-order chi connectivity index (χ1) is 11.7. The molecule has 0 aliphatic carbocycles. The standard InChI is InChI=1S/C17H19N5O2/c1-21-10-13(19-11-21)16-20-15(14-6-2-3-7-22(14)16)17(23)18-9-12-5-4-8-24-12/h2-3,6-7,10-12H,4-5,8-9H2,1H3,(H,18,23)/t12-/m1/s1. The summed E-state index contributed by atoms with van der Waals surface area (Å²) in [7, 11) is 1.90. The molecule has 1 fully saturated rings. The smallest absolute Gasteiger partial charge is 0.272 e. The Balaban J connectivity index is 1.66. The van der Waals surface area contributed by atoms with Crippen molar-refractivity contribution in [2.24, 2.45) is 7.05 Å². The molecular formula is C17H19N5O2. The highest BCUT2D eigenvalue weighted by Gasteiger charge is 2.21. The number of imidazole rings is 2. The Hall–Kier alpha value is -2.67. The molecule has 7 heteroatoms. The number of hydrogen-bond acceptors (Lipinski definition) is 4. The van der Waals surface area contributed by atoms with Gasteiger partial charge in [-0.1, -0.05) is 6.07 Å². The molecule has 1 N–H and O–H groups in total. The van der Waals surface area contributed by atoms with Gasteiger partial charge in [-0.2, -0.15) is 0 Å². The second-order valence-corrected chi connectivity index (χ2v) is 6.01. The van der Waals surface area contributed by atoms with Crippen LogP contribution in [0.25, 0.3) is 17.0 Å². The van der Waals surface area contributed by atoms with Gasteiger partial charge in [0.2, 0.25) is 0 Å². The van der Waals surface area contributed by atoms with E-state index in [4.69, 9.17) is 4.74 Å². The number of ether oxygens (including phenoxy) is 1. The maximum Gasteiger partial charge on any atom is 0.272 e. The average molecular weight is 325 g/mol. The molecule has 1 aliphatic rings. The topological polar surface area (TPSA) is 73.5 Å². The molecule has 0 saturated carbocycles. The highest BCUT2D eigenvalue weighted by molar-refractivity contribution is 5.99. The molecule has 1 aliphatic heterocycles. The van der Waals surface area contributed by atoms with Crippen LogP contribution in [-0.4, -0.2) is 44.1 Å². The van der Waals surface area contributed by atoms with E-state index in [2.05, 4.69) is 15.3 Å². The number of pyridine rings is 1. The van der Waals surface area contributed by atoms with Crippen molar-refractivity contribution in [3.8, 4) is 11.5 Å². The Morgan fingerprint density at radius 1 is 1.46 bits per heavy atom. The van der Waals surface area contributed by atoms with Gasteiger partial charge in [0.1, 0.15) is 5.69 Å². The Labute approximate surface area is 139 Å². The van der Waals surface area contributed by atoms with Gasteiger partial charge in [0.15, 0.2) is 11.5 Å². The predicted octanol–water partition coefficient (Wildman–Crippen LogP) is 1.64. The lowest BCUT2D eigenvalue weighted by atomic mass is 10.2. The van der Waals surface area contributed by atoms with Crippen LogP contribution in [0.4, 0.5) is 0 Å². The van der Waals surface area contributed by atoms with Gasteiger partial charge in [-0.25, -0.2) is 9.97 Å². The van der Waals surface area contributed by atoms with Crippen molar-refractivity contribution in [1.82, 2.24) is 24.3 Å². The molecule has 0 radical (unpaired) electrons. The summed E-state index contributed by atoms with van der Waals surface area (Å²) in [6, 6.07) is 5.70. The van der Waals surface area contributed by atoms with E-state index in [-0.39, 0.29) is 12.0 Å². The molecule has 4 rings (SSSR count). The summed E-state index contributed by atoms with van der Waals surface area (Å²) >= 11 is 0. The molecule has 3 aromatic rings. The average Bonchev–Trinajstić information content (AvgIpc) is 3.32. The molecule has 4 heterocycles. The van der Waals surface area contributed by atoms with Crippen LogP contribution in [0.3, 0.4) is 0 Å². The number of aryl methyl sites for hydroxylation is 1. The summed E-state index contributed by atoms with van der Waals surface area (Å²) < 4.78 is 9.30. The minimum Gasteiger partial charge on any atom is -0.376 e. The van der Waals surface area contributed by atoms with Gasteiger partial charge in [0.05, 0.1) is 17.9 Å². The molecular weight excluding hydrogens is 306 g/mol. The number of nitrogens with zero attached hydrogens (tertiary/aromatic N) is 4. The van der Waals surface area contributed by atoms with E-state index >= 15 is 0 Å². The summed E-state index contributed by atoms with van der Waals surface area (Å²) in [6.07, 6.45) is 7.65. The number of nitrogens with one attached hydrogen (secondary N) is 1. The molecule has 0 unspecified atom stereocenters. The van der Waals surface area contributed by atoms with E-state index in [1.807, 2.05) is 46.6 Å². The number of amides is 1. The second-order valence-electron chi connectivity index (χ2n) is 6.01. The Kier molecular flexibility index (Phi) is 3.78. The lowest BCUT2D eigenvalue weighted by Gasteiger charge is -2.09. The molecule has 3 aromatic heterocycles. The van der Waals surface area contributed by atoms with Gasteiger partial charge in [-0.15, -0.1) is 0 Å². The van der Waals surface area contributed by atoms with Gasteiger partial charge in [-0.3, -0.25) is 9.20 Å². The first kappa shape index (κ1) is 14.9. The zero-order valence-corrected chi connectivity index (χ0v) is 13.5. The van der Waals surface area contributed by atoms with E-state index in [1.54, 1.807) is 6.33 Å². The van der Waals surface area contributed by atoms with Crippen molar-refractivity contribution in [1.29, 1.82) is 0 Å². The number of hydrogen-bond donors (Lipinski definition) is 1. The highest BCUT2D eigenvalue weighted by Crippen LogP contribution is 2.21. The summed E-state index contributed by atoms with van der Waals surface area (Å²) in [5, 5.41) is 2.94. The van der Waals surface area contributed by atoms with Crippen molar-refractivity contribution in [3.63, 3.8) is 0 Å². The van der Waals surface area contributed by atoms with Gasteiger partial charge in [-0.05, 0) is 25.0 Å². The summed E-state index contributed by atoms with van der Waals surface area (Å²) in [4.78, 5) is 21.5. The Morgan fingerprint density at radius 3 is 3.12 bits per heavy atom. The van der Waals surface area contributed by atoms with Gasteiger partial charge in [0, 0.05) is 32.6 Å². The minimum atomic E-state index is -0.184. The zero-order valence-electron chi connectivity index (χ0n) is 13.5. The number of carbonyl (C=O) groups excluding carboxylic acids is 1. The van der Waals surface area contributed by atoms with Crippen LogP contribution in [-0.2, 0) is 11.8 Å². The highest BCUT2D eigenvalue weighted by atomic mass is 16.5. The van der Waals surface area contributed by atoms with Crippen molar-refractivity contribution in [2.75, 3.05) is 13.2 Å². The quantitative estimate of drug-likeness (QED) is 0.791. The number of fused-ring (bicyclic) bond motifs is 1. The fourth-order valence-corrected chi connectivity index (χ4v) is 3.01. The molecule has 0 spiro atoms. The number of rotatable bonds is 4. The molecule has 0 aromatic carbocycles. The Bertz CT molecular complexity index is 876. The van der Waals surface area contributed by atoms with Gasteiger partial charge in [0.25, 0.3) is 5.91 Å². The van der Waals surface area contributed by atoms with Crippen molar-refractivity contribution in [3.05, 3.63) is 42.6 Å². The van der Waals surface area contributed by atoms with Gasteiger partial charge < -0.3 is 14.6 Å². The second kappa shape index (κ2) is 6.09. The van der Waals surface area contributed by atoms with Crippen LogP contribution in [0.15, 0.2) is 36.9 Å². The first-order valence-electron chi connectivity index (χ1n) is 8.07. The molecule has 1 amide bonds. The van der Waals surface area contributed by atoms with E-state index < -0.39 is 0 Å². The predicted molar refractivity (Wildman–Crippen MR) is 88.7 cm³/mol. The van der Waals surface area contributed by atoms with Crippen molar-refractivity contribution in [2.45, 2.75) is 18.9 Å². The SMILES string of the molecule is Cn1cnc(-c2nc(C(=O)NC[C@H]3CCCO3)c3ccccn23)c1. The molecule has 24 heavy (non-hydrogen) atoms. The van der Waals surface area contributed by atoms with Crippen LogP contribution in [0.2, 0.25) is 0 Å². The third-order valence-electron chi connectivity index (χ3n) is 4.21. The van der Waals surface area contributed by atoms with Crippen LogP contribution in [0.1, 0.15) is 23.3 Å². The lowest BCUT2D eigenvalue weighted by Crippen LogP contribution is -2.32. The Morgan fingerprint density at radius 2 is 2.38 bits per heavy atom. The number of aromatic nitrogens is 4. The molecule has 124 valence electrons. The van der Waals surface area contributed by atoms with Gasteiger partial charge >= 0.3 is 0 Å². The van der Waals surface area contributed by atoms with Crippen LogP contribution >= 0.6 is 0 Å². The van der Waals surface area contributed by atoms with Crippen molar-refractivity contribution >= 4 is 11.4 Å². The van der Waals surface area contributed by atoms with E-state index in [0.29, 0.717) is 18.1 Å². The number of carbonyl (C=O) groups is 1. The maximum atomic E-state index is 12.6. The summed E-state index contributed by atoms with van der Waals surface area (Å²) in [6.45, 7) is 1.29. The summed E-state index contributed by atoms with van der Waals surface area (Å²) in [5.74, 6) is 0.477. The molecule has 0 bridgehead atoms. The minimum absolute atomic E-state index is 0.109. The monoisotopic (exact) mass is 325 g/mol. The fourth-order valence-electron chi connectivity index (χ4n) is 3.01. The zero-order chi connectivity index (χ0) is 16.5. The molecule has 1 saturated heterocycles. The van der Waals surface area contributed by atoms with E-state index in [1.165, 1.54) is 0 Å². The fraction of sp³-hybridized carbons (Fsp3) is 0.353. The van der Waals surface area contributed by atoms with E-state index in [9.17, 15) is 4.79 Å². The summed E-state index contributed by atoms with van der Waals surface area (Å²) in [5.41, 5.74) is 1.91. The normalized spacial score (nSPS) is 17.5. The van der Waals surface area contributed by atoms with Crippen LogP contribution in [0, 0.1) is 0 Å².